The quantitative estimate of drug-likeness (QED) is 0.563. The fourth-order valence-electron chi connectivity index (χ4n) is 3.67. The van der Waals surface area contributed by atoms with Gasteiger partial charge in [-0.15, -0.1) is 0 Å². The molecule has 0 radical (unpaired) electrons. The standard InChI is InChI=1S/C23H22ClN3O4/c1-3-31-23(29)21-19-14-26(22(28)15-4-6-16(24)7-5-15)13-12-20(19)27(25-21)17-8-10-18(30-2)11-9-17/h4-11H,3,12-14H2,1-2H3. The van der Waals surface area contributed by atoms with Crippen molar-refractivity contribution in [1.82, 2.24) is 14.7 Å². The molecule has 4 rings (SSSR count). The van der Waals surface area contributed by atoms with Gasteiger partial charge in [-0.25, -0.2) is 9.48 Å². The van der Waals surface area contributed by atoms with Crippen LogP contribution < -0.4 is 4.74 Å². The van der Waals surface area contributed by atoms with Crippen molar-refractivity contribution in [3.63, 3.8) is 0 Å². The lowest BCUT2D eigenvalue weighted by Crippen LogP contribution is -2.36. The minimum Gasteiger partial charge on any atom is -0.497 e. The van der Waals surface area contributed by atoms with Crippen molar-refractivity contribution in [2.45, 2.75) is 19.9 Å². The van der Waals surface area contributed by atoms with E-state index in [4.69, 9.17) is 21.1 Å². The highest BCUT2D eigenvalue weighted by molar-refractivity contribution is 6.30. The molecule has 0 spiro atoms. The molecule has 31 heavy (non-hydrogen) atoms. The number of nitrogens with zero attached hydrogens (tertiary/aromatic N) is 3. The molecular formula is C23H22ClN3O4. The van der Waals surface area contributed by atoms with Gasteiger partial charge in [-0.1, -0.05) is 11.6 Å². The number of carbonyl (C=O) groups excluding carboxylic acids is 2. The Balaban J connectivity index is 1.70. The molecule has 0 atom stereocenters. The first-order valence-electron chi connectivity index (χ1n) is 9.99. The van der Waals surface area contributed by atoms with Gasteiger partial charge in [-0.3, -0.25) is 4.79 Å². The number of benzene rings is 2. The summed E-state index contributed by atoms with van der Waals surface area (Å²) in [7, 11) is 1.61. The van der Waals surface area contributed by atoms with Gasteiger partial charge in [0, 0.05) is 29.1 Å². The topological polar surface area (TPSA) is 73.7 Å². The van der Waals surface area contributed by atoms with Gasteiger partial charge in [0.05, 0.1) is 31.6 Å². The maximum atomic E-state index is 13.0. The lowest BCUT2D eigenvalue weighted by atomic mass is 10.0. The summed E-state index contributed by atoms with van der Waals surface area (Å²) in [5.74, 6) is 0.122. The van der Waals surface area contributed by atoms with E-state index in [0.29, 0.717) is 29.1 Å². The van der Waals surface area contributed by atoms with Gasteiger partial charge in [0.25, 0.3) is 5.91 Å². The van der Waals surface area contributed by atoms with Crippen LogP contribution >= 0.6 is 11.6 Å². The van der Waals surface area contributed by atoms with E-state index in [2.05, 4.69) is 5.10 Å². The molecule has 0 N–H and O–H groups in total. The zero-order valence-corrected chi connectivity index (χ0v) is 18.1. The second-order valence-electron chi connectivity index (χ2n) is 7.09. The van der Waals surface area contributed by atoms with Crippen molar-refractivity contribution in [2.24, 2.45) is 0 Å². The maximum Gasteiger partial charge on any atom is 0.359 e. The summed E-state index contributed by atoms with van der Waals surface area (Å²) in [6.45, 7) is 2.79. The first-order valence-corrected chi connectivity index (χ1v) is 10.4. The minimum atomic E-state index is -0.494. The first kappa shape index (κ1) is 20.9. The highest BCUT2D eigenvalue weighted by Crippen LogP contribution is 2.28. The van der Waals surface area contributed by atoms with Gasteiger partial charge in [0.1, 0.15) is 5.75 Å². The third-order valence-electron chi connectivity index (χ3n) is 5.22. The third-order valence-corrected chi connectivity index (χ3v) is 5.47. The van der Waals surface area contributed by atoms with Crippen LogP contribution in [-0.4, -0.2) is 46.8 Å². The number of ether oxygens (including phenoxy) is 2. The van der Waals surface area contributed by atoms with Crippen molar-refractivity contribution in [2.75, 3.05) is 20.3 Å². The molecule has 0 unspecified atom stereocenters. The van der Waals surface area contributed by atoms with Crippen molar-refractivity contribution in [3.05, 3.63) is 76.1 Å². The first-order chi connectivity index (χ1) is 15.0. The summed E-state index contributed by atoms with van der Waals surface area (Å²) in [4.78, 5) is 27.3. The molecule has 3 aromatic rings. The Bertz CT molecular complexity index is 1110. The summed E-state index contributed by atoms with van der Waals surface area (Å²) in [6, 6.07) is 14.2. The Morgan fingerprint density at radius 3 is 2.45 bits per heavy atom. The molecule has 8 heteroatoms. The number of amides is 1. The van der Waals surface area contributed by atoms with E-state index in [-0.39, 0.29) is 24.8 Å². The molecule has 0 bridgehead atoms. The summed E-state index contributed by atoms with van der Waals surface area (Å²) in [5, 5.41) is 5.13. The number of aromatic nitrogens is 2. The van der Waals surface area contributed by atoms with E-state index in [0.717, 1.165) is 17.1 Å². The average Bonchev–Trinajstić information content (AvgIpc) is 3.18. The largest absolute Gasteiger partial charge is 0.497 e. The molecule has 160 valence electrons. The molecule has 1 aromatic heterocycles. The molecule has 7 nitrogen and oxygen atoms in total. The maximum absolute atomic E-state index is 13.0. The second kappa shape index (κ2) is 8.81. The lowest BCUT2D eigenvalue weighted by Gasteiger charge is -2.28. The number of carbonyl (C=O) groups is 2. The second-order valence-corrected chi connectivity index (χ2v) is 7.52. The van der Waals surface area contributed by atoms with Crippen molar-refractivity contribution in [3.8, 4) is 11.4 Å². The van der Waals surface area contributed by atoms with Gasteiger partial charge >= 0.3 is 5.97 Å². The van der Waals surface area contributed by atoms with Gasteiger partial charge in [-0.2, -0.15) is 5.10 Å². The fraction of sp³-hybridized carbons (Fsp3) is 0.261. The number of halogens is 1. The van der Waals surface area contributed by atoms with Gasteiger partial charge in [-0.05, 0) is 55.5 Å². The normalized spacial score (nSPS) is 12.9. The van der Waals surface area contributed by atoms with Crippen LogP contribution in [0.25, 0.3) is 5.69 Å². The fourth-order valence-corrected chi connectivity index (χ4v) is 3.79. The SMILES string of the molecule is CCOC(=O)c1nn(-c2ccc(OC)cc2)c2c1CN(C(=O)c1ccc(Cl)cc1)CC2. The van der Waals surface area contributed by atoms with E-state index < -0.39 is 5.97 Å². The van der Waals surface area contributed by atoms with Crippen LogP contribution in [0.2, 0.25) is 5.02 Å². The molecule has 0 aliphatic carbocycles. The van der Waals surface area contributed by atoms with Gasteiger partial charge in [0.2, 0.25) is 0 Å². The Hall–Kier alpha value is -3.32. The Kier molecular flexibility index (Phi) is 5.95. The highest BCUT2D eigenvalue weighted by atomic mass is 35.5. The summed E-state index contributed by atoms with van der Waals surface area (Å²) < 4.78 is 12.2. The van der Waals surface area contributed by atoms with E-state index in [1.165, 1.54) is 0 Å². The van der Waals surface area contributed by atoms with Crippen LogP contribution in [0.5, 0.6) is 5.75 Å². The number of esters is 1. The molecule has 1 aliphatic rings. The zero-order valence-electron chi connectivity index (χ0n) is 17.3. The summed E-state index contributed by atoms with van der Waals surface area (Å²) in [5.41, 5.74) is 3.20. The summed E-state index contributed by atoms with van der Waals surface area (Å²) >= 11 is 5.94. The zero-order chi connectivity index (χ0) is 22.0. The van der Waals surface area contributed by atoms with Crippen LogP contribution in [0.1, 0.15) is 39.0 Å². The highest BCUT2D eigenvalue weighted by Gasteiger charge is 2.31. The van der Waals surface area contributed by atoms with Crippen molar-refractivity contribution in [1.29, 1.82) is 0 Å². The van der Waals surface area contributed by atoms with Crippen LogP contribution in [0.15, 0.2) is 48.5 Å². The summed E-state index contributed by atoms with van der Waals surface area (Å²) in [6.07, 6.45) is 0.563. The van der Waals surface area contributed by atoms with E-state index in [1.54, 1.807) is 47.9 Å². The lowest BCUT2D eigenvalue weighted by molar-refractivity contribution is 0.0513. The smallest absolute Gasteiger partial charge is 0.359 e. The Labute approximate surface area is 185 Å². The number of hydrogen-bond donors (Lipinski definition) is 0. The number of rotatable bonds is 5. The number of methoxy groups -OCH3 is 1. The van der Waals surface area contributed by atoms with Crippen LogP contribution in [0, 0.1) is 0 Å². The van der Waals surface area contributed by atoms with Crippen LogP contribution in [0.3, 0.4) is 0 Å². The van der Waals surface area contributed by atoms with Crippen LogP contribution in [-0.2, 0) is 17.7 Å². The van der Waals surface area contributed by atoms with E-state index in [1.807, 2.05) is 24.3 Å². The monoisotopic (exact) mass is 439 g/mol. The Morgan fingerprint density at radius 1 is 1.10 bits per heavy atom. The predicted molar refractivity (Wildman–Crippen MR) is 116 cm³/mol. The molecule has 2 aromatic carbocycles. The van der Waals surface area contributed by atoms with Gasteiger partial charge in [0.15, 0.2) is 5.69 Å². The molecule has 1 amide bonds. The van der Waals surface area contributed by atoms with Crippen LogP contribution in [0.4, 0.5) is 0 Å². The number of hydrogen-bond acceptors (Lipinski definition) is 5. The van der Waals surface area contributed by atoms with E-state index >= 15 is 0 Å². The molecule has 1 aliphatic heterocycles. The minimum absolute atomic E-state index is 0.116. The van der Waals surface area contributed by atoms with Crippen molar-refractivity contribution < 1.29 is 19.1 Å². The average molecular weight is 440 g/mol. The molecule has 2 heterocycles. The predicted octanol–water partition coefficient (Wildman–Crippen LogP) is 3.91. The molecule has 0 fully saturated rings. The number of fused-ring (bicyclic) bond motifs is 1. The molecule has 0 saturated heterocycles. The van der Waals surface area contributed by atoms with Gasteiger partial charge < -0.3 is 14.4 Å². The third kappa shape index (κ3) is 4.14. The molecular weight excluding hydrogens is 418 g/mol. The van der Waals surface area contributed by atoms with Crippen molar-refractivity contribution >= 4 is 23.5 Å². The Morgan fingerprint density at radius 2 is 1.81 bits per heavy atom. The molecule has 0 saturated carbocycles. The van der Waals surface area contributed by atoms with E-state index in [9.17, 15) is 9.59 Å².